The summed E-state index contributed by atoms with van der Waals surface area (Å²) in [6, 6.07) is 0. The SMILES string of the molecule is C=C(C)CNC(=O)C(C)(CC)CN. The second kappa shape index (κ2) is 5.02. The van der Waals surface area contributed by atoms with Crippen molar-refractivity contribution in [3.63, 3.8) is 0 Å². The van der Waals surface area contributed by atoms with Gasteiger partial charge in [0.2, 0.25) is 5.91 Å². The van der Waals surface area contributed by atoms with Crippen LogP contribution in [0.5, 0.6) is 0 Å². The van der Waals surface area contributed by atoms with Gasteiger partial charge in [0, 0.05) is 13.1 Å². The van der Waals surface area contributed by atoms with Crippen LogP contribution in [0.25, 0.3) is 0 Å². The van der Waals surface area contributed by atoms with E-state index < -0.39 is 5.41 Å². The molecule has 0 saturated carbocycles. The number of amides is 1. The van der Waals surface area contributed by atoms with E-state index in [1.807, 2.05) is 20.8 Å². The van der Waals surface area contributed by atoms with Crippen molar-refractivity contribution in [3.8, 4) is 0 Å². The summed E-state index contributed by atoms with van der Waals surface area (Å²) in [6.07, 6.45) is 0.755. The van der Waals surface area contributed by atoms with E-state index in [4.69, 9.17) is 5.73 Å². The molecular weight excluding hydrogens is 164 g/mol. The van der Waals surface area contributed by atoms with Gasteiger partial charge in [-0.15, -0.1) is 0 Å². The number of nitrogens with one attached hydrogen (secondary N) is 1. The third-order valence-electron chi connectivity index (χ3n) is 2.33. The molecule has 3 N–H and O–H groups in total. The Morgan fingerprint density at radius 1 is 1.62 bits per heavy atom. The van der Waals surface area contributed by atoms with Crippen molar-refractivity contribution in [3.05, 3.63) is 12.2 Å². The summed E-state index contributed by atoms with van der Waals surface area (Å²) in [4.78, 5) is 11.6. The highest BCUT2D eigenvalue weighted by Gasteiger charge is 2.28. The first-order valence-corrected chi connectivity index (χ1v) is 4.59. The average molecular weight is 184 g/mol. The fourth-order valence-electron chi connectivity index (χ4n) is 0.842. The molecule has 0 aromatic carbocycles. The van der Waals surface area contributed by atoms with Crippen molar-refractivity contribution < 1.29 is 4.79 Å². The molecule has 0 bridgehead atoms. The Morgan fingerprint density at radius 2 is 2.15 bits per heavy atom. The maximum atomic E-state index is 11.6. The molecule has 0 spiro atoms. The molecule has 1 unspecified atom stereocenters. The van der Waals surface area contributed by atoms with E-state index in [-0.39, 0.29) is 5.91 Å². The standard InChI is InChI=1S/C10H20N2O/c1-5-10(4,7-11)9(13)12-6-8(2)3/h2,5-7,11H2,1,3-4H3,(H,12,13). The van der Waals surface area contributed by atoms with Crippen molar-refractivity contribution in [2.24, 2.45) is 11.1 Å². The maximum Gasteiger partial charge on any atom is 0.227 e. The molecule has 0 rings (SSSR count). The summed E-state index contributed by atoms with van der Waals surface area (Å²) < 4.78 is 0. The fraction of sp³-hybridized carbons (Fsp3) is 0.700. The van der Waals surface area contributed by atoms with Crippen LogP contribution in [0.4, 0.5) is 0 Å². The average Bonchev–Trinajstić information content (AvgIpc) is 2.12. The van der Waals surface area contributed by atoms with Crippen LogP contribution in [-0.4, -0.2) is 19.0 Å². The van der Waals surface area contributed by atoms with Crippen LogP contribution in [0, 0.1) is 5.41 Å². The van der Waals surface area contributed by atoms with Gasteiger partial charge in [-0.1, -0.05) is 19.1 Å². The molecule has 0 aliphatic rings. The summed E-state index contributed by atoms with van der Waals surface area (Å²) in [7, 11) is 0. The van der Waals surface area contributed by atoms with Gasteiger partial charge in [0.25, 0.3) is 0 Å². The van der Waals surface area contributed by atoms with E-state index in [1.54, 1.807) is 0 Å². The third-order valence-corrected chi connectivity index (χ3v) is 2.33. The predicted octanol–water partition coefficient (Wildman–Crippen LogP) is 1.05. The third kappa shape index (κ3) is 3.59. The van der Waals surface area contributed by atoms with Crippen molar-refractivity contribution in [2.75, 3.05) is 13.1 Å². The van der Waals surface area contributed by atoms with Crippen LogP contribution in [-0.2, 0) is 4.79 Å². The Balaban J connectivity index is 4.15. The number of carbonyl (C=O) groups excluding carboxylic acids is 1. The quantitative estimate of drug-likeness (QED) is 0.628. The van der Waals surface area contributed by atoms with Crippen LogP contribution >= 0.6 is 0 Å². The maximum absolute atomic E-state index is 11.6. The van der Waals surface area contributed by atoms with Crippen LogP contribution in [0.15, 0.2) is 12.2 Å². The lowest BCUT2D eigenvalue weighted by Crippen LogP contribution is -2.43. The topological polar surface area (TPSA) is 55.1 Å². The van der Waals surface area contributed by atoms with Crippen molar-refractivity contribution >= 4 is 5.91 Å². The first-order valence-electron chi connectivity index (χ1n) is 4.59. The molecule has 1 amide bonds. The summed E-state index contributed by atoms with van der Waals surface area (Å²) in [5.41, 5.74) is 6.05. The predicted molar refractivity (Wildman–Crippen MR) is 55.3 cm³/mol. The molecule has 0 saturated heterocycles. The molecule has 0 fully saturated rings. The minimum Gasteiger partial charge on any atom is -0.352 e. The zero-order valence-corrected chi connectivity index (χ0v) is 8.81. The van der Waals surface area contributed by atoms with Crippen molar-refractivity contribution in [1.29, 1.82) is 0 Å². The summed E-state index contributed by atoms with van der Waals surface area (Å²) in [6.45, 7) is 10.4. The lowest BCUT2D eigenvalue weighted by Gasteiger charge is -2.24. The van der Waals surface area contributed by atoms with Gasteiger partial charge in [-0.25, -0.2) is 0 Å². The molecule has 3 heteroatoms. The van der Waals surface area contributed by atoms with Gasteiger partial charge in [-0.05, 0) is 20.3 Å². The molecular formula is C10H20N2O. The second-order valence-corrected chi connectivity index (χ2v) is 3.76. The largest absolute Gasteiger partial charge is 0.352 e. The van der Waals surface area contributed by atoms with Gasteiger partial charge >= 0.3 is 0 Å². The molecule has 76 valence electrons. The lowest BCUT2D eigenvalue weighted by molar-refractivity contribution is -0.129. The molecule has 1 atom stereocenters. The van der Waals surface area contributed by atoms with E-state index in [0.717, 1.165) is 12.0 Å². The number of carbonyl (C=O) groups is 1. The number of hydrogen-bond acceptors (Lipinski definition) is 2. The van der Waals surface area contributed by atoms with Crippen LogP contribution in [0.1, 0.15) is 27.2 Å². The summed E-state index contributed by atoms with van der Waals surface area (Å²) in [5.74, 6) is 0.0144. The lowest BCUT2D eigenvalue weighted by atomic mass is 9.86. The monoisotopic (exact) mass is 184 g/mol. The second-order valence-electron chi connectivity index (χ2n) is 3.76. The van der Waals surface area contributed by atoms with E-state index in [0.29, 0.717) is 13.1 Å². The normalized spacial score (nSPS) is 14.8. The molecule has 0 aliphatic heterocycles. The minimum absolute atomic E-state index is 0.0144. The summed E-state index contributed by atoms with van der Waals surface area (Å²) in [5, 5.41) is 2.81. The van der Waals surface area contributed by atoms with Crippen molar-refractivity contribution in [1.82, 2.24) is 5.32 Å². The van der Waals surface area contributed by atoms with E-state index in [2.05, 4.69) is 11.9 Å². The van der Waals surface area contributed by atoms with Gasteiger partial charge in [0.05, 0.1) is 5.41 Å². The van der Waals surface area contributed by atoms with Crippen LogP contribution in [0.3, 0.4) is 0 Å². The first kappa shape index (κ1) is 12.2. The number of hydrogen-bond donors (Lipinski definition) is 2. The van der Waals surface area contributed by atoms with Crippen molar-refractivity contribution in [2.45, 2.75) is 27.2 Å². The Kier molecular flexibility index (Phi) is 4.70. The number of nitrogens with two attached hydrogens (primary N) is 1. The van der Waals surface area contributed by atoms with E-state index >= 15 is 0 Å². The first-order chi connectivity index (χ1) is 5.96. The smallest absolute Gasteiger partial charge is 0.227 e. The van der Waals surface area contributed by atoms with E-state index in [9.17, 15) is 4.79 Å². The Labute approximate surface area is 80.4 Å². The zero-order chi connectivity index (χ0) is 10.5. The highest BCUT2D eigenvalue weighted by atomic mass is 16.2. The van der Waals surface area contributed by atoms with Crippen LogP contribution in [0.2, 0.25) is 0 Å². The Hall–Kier alpha value is -0.830. The van der Waals surface area contributed by atoms with Crippen LogP contribution < -0.4 is 11.1 Å². The summed E-state index contributed by atoms with van der Waals surface area (Å²) >= 11 is 0. The molecule has 3 nitrogen and oxygen atoms in total. The highest BCUT2D eigenvalue weighted by Crippen LogP contribution is 2.18. The highest BCUT2D eigenvalue weighted by molar-refractivity contribution is 5.82. The molecule has 13 heavy (non-hydrogen) atoms. The van der Waals surface area contributed by atoms with Gasteiger partial charge in [-0.3, -0.25) is 4.79 Å². The molecule has 0 aromatic heterocycles. The molecule has 0 aromatic rings. The van der Waals surface area contributed by atoms with Gasteiger partial charge < -0.3 is 11.1 Å². The molecule has 0 heterocycles. The van der Waals surface area contributed by atoms with Gasteiger partial charge in [0.1, 0.15) is 0 Å². The Bertz CT molecular complexity index is 195. The Morgan fingerprint density at radius 3 is 2.46 bits per heavy atom. The zero-order valence-electron chi connectivity index (χ0n) is 8.81. The molecule has 0 aliphatic carbocycles. The minimum atomic E-state index is -0.435. The fourth-order valence-corrected chi connectivity index (χ4v) is 0.842. The van der Waals surface area contributed by atoms with Gasteiger partial charge in [0.15, 0.2) is 0 Å². The number of rotatable bonds is 5. The van der Waals surface area contributed by atoms with Gasteiger partial charge in [-0.2, -0.15) is 0 Å². The molecule has 0 radical (unpaired) electrons. The van der Waals surface area contributed by atoms with E-state index in [1.165, 1.54) is 0 Å².